The van der Waals surface area contributed by atoms with E-state index >= 15 is 0 Å². The van der Waals surface area contributed by atoms with E-state index in [4.69, 9.17) is 11.6 Å². The van der Waals surface area contributed by atoms with E-state index in [0.717, 1.165) is 5.02 Å². The molecule has 0 nitrogen and oxygen atoms in total. The van der Waals surface area contributed by atoms with Gasteiger partial charge in [-0.15, -0.1) is 0 Å². The molecule has 0 radical (unpaired) electrons. The van der Waals surface area contributed by atoms with Gasteiger partial charge in [-0.1, -0.05) is 55.8 Å². The van der Waals surface area contributed by atoms with Crippen LogP contribution in [0.4, 0.5) is 0 Å². The van der Waals surface area contributed by atoms with Crippen LogP contribution in [0.5, 0.6) is 0 Å². The van der Waals surface area contributed by atoms with Crippen molar-refractivity contribution in [1.29, 1.82) is 0 Å². The van der Waals surface area contributed by atoms with E-state index in [1.807, 2.05) is 12.1 Å². The maximum absolute atomic E-state index is 5.88. The largest absolute Gasteiger partial charge is 0.0843 e. The number of hydrogen-bond acceptors (Lipinski definition) is 0. The van der Waals surface area contributed by atoms with Gasteiger partial charge in [-0.05, 0) is 35.1 Å². The third-order valence-corrected chi connectivity index (χ3v) is 3.40. The molecular formula is C14H15Cl. The number of allylic oxidation sites excluding steroid dienone is 4. The van der Waals surface area contributed by atoms with Gasteiger partial charge >= 0.3 is 0 Å². The Kier molecular flexibility index (Phi) is 2.97. The van der Waals surface area contributed by atoms with Crippen LogP contribution in [0.15, 0.2) is 42.5 Å². The fourth-order valence-corrected chi connectivity index (χ4v) is 2.06. The van der Waals surface area contributed by atoms with Crippen molar-refractivity contribution in [2.45, 2.75) is 13.8 Å². The molecular weight excluding hydrogens is 204 g/mol. The highest BCUT2D eigenvalue weighted by molar-refractivity contribution is 6.30. The summed E-state index contributed by atoms with van der Waals surface area (Å²) in [6.45, 7) is 4.53. The molecule has 0 fully saturated rings. The quantitative estimate of drug-likeness (QED) is 0.648. The van der Waals surface area contributed by atoms with Gasteiger partial charge in [-0.3, -0.25) is 0 Å². The lowest BCUT2D eigenvalue weighted by Gasteiger charge is -2.23. The van der Waals surface area contributed by atoms with E-state index < -0.39 is 0 Å². The van der Waals surface area contributed by atoms with Crippen LogP contribution in [0.25, 0.3) is 5.57 Å². The fourth-order valence-electron chi connectivity index (χ4n) is 1.94. The topological polar surface area (TPSA) is 0 Å². The molecule has 1 aliphatic rings. The second kappa shape index (κ2) is 4.24. The average Bonchev–Trinajstić information content (AvgIpc) is 2.24. The normalized spacial score (nSPS) is 25.1. The van der Waals surface area contributed by atoms with E-state index in [2.05, 4.69) is 44.2 Å². The Morgan fingerprint density at radius 3 is 2.40 bits per heavy atom. The Balaban J connectivity index is 2.34. The molecule has 0 unspecified atom stereocenters. The maximum Gasteiger partial charge on any atom is 0.0406 e. The van der Waals surface area contributed by atoms with Crippen molar-refractivity contribution < 1.29 is 0 Å². The second-order valence-electron chi connectivity index (χ2n) is 4.16. The lowest BCUT2D eigenvalue weighted by molar-refractivity contribution is 0.568. The summed E-state index contributed by atoms with van der Waals surface area (Å²) in [5, 5.41) is 0.798. The minimum atomic E-state index is 0.580. The molecule has 1 heteroatoms. The molecule has 0 saturated heterocycles. The van der Waals surface area contributed by atoms with Crippen molar-refractivity contribution in [3.63, 3.8) is 0 Å². The third kappa shape index (κ3) is 2.15. The Bertz CT molecular complexity index is 398. The Morgan fingerprint density at radius 1 is 1.07 bits per heavy atom. The Hall–Kier alpha value is -1.01. The molecule has 0 aromatic heterocycles. The van der Waals surface area contributed by atoms with Crippen LogP contribution in [-0.4, -0.2) is 0 Å². The number of benzene rings is 1. The highest BCUT2D eigenvalue weighted by Gasteiger charge is 2.17. The molecule has 0 N–H and O–H groups in total. The molecule has 0 heterocycles. The van der Waals surface area contributed by atoms with Crippen LogP contribution in [0, 0.1) is 11.8 Å². The fraction of sp³-hybridized carbons (Fsp3) is 0.286. The summed E-state index contributed by atoms with van der Waals surface area (Å²) < 4.78 is 0. The molecule has 1 aromatic rings. The molecule has 0 aliphatic heterocycles. The van der Waals surface area contributed by atoms with Crippen LogP contribution in [0.3, 0.4) is 0 Å². The van der Waals surface area contributed by atoms with Crippen molar-refractivity contribution in [3.05, 3.63) is 53.1 Å². The lowest BCUT2D eigenvalue weighted by atomic mass is 9.81. The first-order chi connectivity index (χ1) is 7.18. The molecule has 15 heavy (non-hydrogen) atoms. The zero-order chi connectivity index (χ0) is 10.8. The molecule has 78 valence electrons. The van der Waals surface area contributed by atoms with Gasteiger partial charge in [0, 0.05) is 5.02 Å². The van der Waals surface area contributed by atoms with E-state index in [1.54, 1.807) is 0 Å². The van der Waals surface area contributed by atoms with Crippen molar-refractivity contribution in [1.82, 2.24) is 0 Å². The summed E-state index contributed by atoms with van der Waals surface area (Å²) in [5.41, 5.74) is 2.68. The van der Waals surface area contributed by atoms with Gasteiger partial charge in [-0.2, -0.15) is 0 Å². The predicted octanol–water partition coefficient (Wildman–Crippen LogP) is 4.57. The molecule has 1 aliphatic carbocycles. The highest BCUT2D eigenvalue weighted by Crippen LogP contribution is 2.33. The van der Waals surface area contributed by atoms with E-state index in [-0.39, 0.29) is 0 Å². The molecule has 0 spiro atoms. The van der Waals surface area contributed by atoms with Crippen LogP contribution in [-0.2, 0) is 0 Å². The number of hydrogen-bond donors (Lipinski definition) is 0. The Morgan fingerprint density at radius 2 is 1.73 bits per heavy atom. The molecule has 0 bridgehead atoms. The highest BCUT2D eigenvalue weighted by atomic mass is 35.5. The summed E-state index contributed by atoms with van der Waals surface area (Å²) >= 11 is 5.88. The van der Waals surface area contributed by atoms with E-state index in [9.17, 15) is 0 Å². The Labute approximate surface area is 96.3 Å². The van der Waals surface area contributed by atoms with Gasteiger partial charge in [0.25, 0.3) is 0 Å². The average molecular weight is 219 g/mol. The predicted molar refractivity (Wildman–Crippen MR) is 66.9 cm³/mol. The van der Waals surface area contributed by atoms with Crippen LogP contribution >= 0.6 is 11.6 Å². The summed E-state index contributed by atoms with van der Waals surface area (Å²) in [6.07, 6.45) is 6.60. The minimum absolute atomic E-state index is 0.580. The van der Waals surface area contributed by atoms with Crippen LogP contribution in [0.2, 0.25) is 5.02 Å². The first-order valence-electron chi connectivity index (χ1n) is 5.33. The molecule has 0 saturated carbocycles. The van der Waals surface area contributed by atoms with Gasteiger partial charge in [0.15, 0.2) is 0 Å². The summed E-state index contributed by atoms with van der Waals surface area (Å²) in [4.78, 5) is 0. The summed E-state index contributed by atoms with van der Waals surface area (Å²) in [7, 11) is 0. The zero-order valence-corrected chi connectivity index (χ0v) is 9.83. The SMILES string of the molecule is C[C@@H]1C=CC=C(c2ccc(Cl)cc2)[C@@H]1C. The summed E-state index contributed by atoms with van der Waals surface area (Å²) in [6, 6.07) is 8.09. The second-order valence-corrected chi connectivity index (χ2v) is 4.60. The third-order valence-electron chi connectivity index (χ3n) is 3.15. The first kappa shape index (κ1) is 10.5. The summed E-state index contributed by atoms with van der Waals surface area (Å²) in [5.74, 6) is 1.19. The molecule has 1 aromatic carbocycles. The lowest BCUT2D eigenvalue weighted by Crippen LogP contribution is -2.10. The standard InChI is InChI=1S/C14H15Cl/c1-10-4-3-5-14(11(10)2)12-6-8-13(15)9-7-12/h3-11H,1-2H3/t10-,11-/m1/s1. The van der Waals surface area contributed by atoms with Gasteiger partial charge in [0.2, 0.25) is 0 Å². The number of halogens is 1. The minimum Gasteiger partial charge on any atom is -0.0843 e. The van der Waals surface area contributed by atoms with Crippen molar-refractivity contribution in [2.24, 2.45) is 11.8 Å². The smallest absolute Gasteiger partial charge is 0.0406 e. The van der Waals surface area contributed by atoms with E-state index in [0.29, 0.717) is 11.8 Å². The van der Waals surface area contributed by atoms with E-state index in [1.165, 1.54) is 11.1 Å². The molecule has 2 atom stereocenters. The van der Waals surface area contributed by atoms with Crippen LogP contribution in [0.1, 0.15) is 19.4 Å². The molecule has 0 amide bonds. The van der Waals surface area contributed by atoms with Gasteiger partial charge in [-0.25, -0.2) is 0 Å². The van der Waals surface area contributed by atoms with Crippen molar-refractivity contribution in [2.75, 3.05) is 0 Å². The molecule has 2 rings (SSSR count). The first-order valence-corrected chi connectivity index (χ1v) is 5.70. The monoisotopic (exact) mass is 218 g/mol. The van der Waals surface area contributed by atoms with Gasteiger partial charge in [0.05, 0.1) is 0 Å². The number of rotatable bonds is 1. The zero-order valence-electron chi connectivity index (χ0n) is 9.07. The van der Waals surface area contributed by atoms with Gasteiger partial charge in [0.1, 0.15) is 0 Å². The van der Waals surface area contributed by atoms with Crippen molar-refractivity contribution >= 4 is 17.2 Å². The maximum atomic E-state index is 5.88. The van der Waals surface area contributed by atoms with Crippen molar-refractivity contribution in [3.8, 4) is 0 Å². The van der Waals surface area contributed by atoms with Crippen LogP contribution < -0.4 is 0 Å². The van der Waals surface area contributed by atoms with Gasteiger partial charge < -0.3 is 0 Å².